The Labute approximate surface area is 157 Å². The van der Waals surface area contributed by atoms with Crippen molar-refractivity contribution in [1.82, 2.24) is 4.90 Å². The standard InChI is InChI=1S/C22H31NO3/c1-22(2,3)26-17-20(24)16-23(14-18-10-6-5-7-11-18)15-19-12-8-9-13-21(19)25-4/h5-13,20,24H,14-17H2,1-4H3. The number of ether oxygens (including phenoxy) is 2. The van der Waals surface area contributed by atoms with Crippen molar-refractivity contribution in [1.29, 1.82) is 0 Å². The van der Waals surface area contributed by atoms with Crippen molar-refractivity contribution >= 4 is 0 Å². The molecular weight excluding hydrogens is 326 g/mol. The molecule has 4 nitrogen and oxygen atoms in total. The lowest BCUT2D eigenvalue weighted by molar-refractivity contribution is -0.0573. The summed E-state index contributed by atoms with van der Waals surface area (Å²) in [5.41, 5.74) is 2.06. The fourth-order valence-corrected chi connectivity index (χ4v) is 2.80. The van der Waals surface area contributed by atoms with Gasteiger partial charge >= 0.3 is 0 Å². The summed E-state index contributed by atoms with van der Waals surface area (Å²) in [5, 5.41) is 10.5. The smallest absolute Gasteiger partial charge is 0.123 e. The van der Waals surface area contributed by atoms with E-state index in [4.69, 9.17) is 9.47 Å². The Morgan fingerprint density at radius 1 is 0.962 bits per heavy atom. The second kappa shape index (κ2) is 9.72. The van der Waals surface area contributed by atoms with E-state index < -0.39 is 6.10 Å². The van der Waals surface area contributed by atoms with Crippen molar-refractivity contribution in [2.45, 2.75) is 45.6 Å². The maximum Gasteiger partial charge on any atom is 0.123 e. The minimum atomic E-state index is -0.548. The minimum Gasteiger partial charge on any atom is -0.496 e. The summed E-state index contributed by atoms with van der Waals surface area (Å²) in [6.07, 6.45) is -0.548. The number of aliphatic hydroxyl groups excluding tert-OH is 1. The molecule has 2 aromatic rings. The van der Waals surface area contributed by atoms with E-state index in [1.165, 1.54) is 5.56 Å². The van der Waals surface area contributed by atoms with Crippen molar-refractivity contribution in [2.75, 3.05) is 20.3 Å². The molecule has 0 heterocycles. The van der Waals surface area contributed by atoms with Crippen LogP contribution in [0.3, 0.4) is 0 Å². The Bertz CT molecular complexity index is 652. The van der Waals surface area contributed by atoms with Gasteiger partial charge < -0.3 is 14.6 Å². The second-order valence-corrected chi connectivity index (χ2v) is 7.54. The van der Waals surface area contributed by atoms with Gasteiger partial charge in [-0.25, -0.2) is 0 Å². The summed E-state index contributed by atoms with van der Waals surface area (Å²) in [7, 11) is 1.69. The van der Waals surface area contributed by atoms with E-state index in [0.717, 1.165) is 17.9 Å². The van der Waals surface area contributed by atoms with Gasteiger partial charge in [-0.1, -0.05) is 48.5 Å². The predicted octanol–water partition coefficient (Wildman–Crippen LogP) is 3.87. The highest BCUT2D eigenvalue weighted by Gasteiger charge is 2.18. The van der Waals surface area contributed by atoms with Crippen molar-refractivity contribution < 1.29 is 14.6 Å². The Morgan fingerprint density at radius 3 is 2.27 bits per heavy atom. The third-order valence-corrected chi connectivity index (χ3v) is 4.01. The van der Waals surface area contributed by atoms with Gasteiger partial charge in [0.15, 0.2) is 0 Å². The molecule has 0 aliphatic heterocycles. The molecule has 0 fully saturated rings. The van der Waals surface area contributed by atoms with E-state index in [0.29, 0.717) is 19.7 Å². The summed E-state index contributed by atoms with van der Waals surface area (Å²) in [6.45, 7) is 8.30. The van der Waals surface area contributed by atoms with Crippen LogP contribution in [0.5, 0.6) is 5.75 Å². The molecule has 0 aromatic heterocycles. The minimum absolute atomic E-state index is 0.256. The van der Waals surface area contributed by atoms with Gasteiger partial charge in [-0.05, 0) is 32.4 Å². The SMILES string of the molecule is COc1ccccc1CN(Cc1ccccc1)CC(O)COC(C)(C)C. The number of hydrogen-bond donors (Lipinski definition) is 1. The van der Waals surface area contributed by atoms with Crippen molar-refractivity contribution in [3.63, 3.8) is 0 Å². The van der Waals surface area contributed by atoms with Crippen molar-refractivity contribution in [3.05, 3.63) is 65.7 Å². The summed E-state index contributed by atoms with van der Waals surface area (Å²) in [5.74, 6) is 0.867. The molecule has 1 unspecified atom stereocenters. The lowest BCUT2D eigenvalue weighted by atomic mass is 10.1. The number of nitrogens with zero attached hydrogens (tertiary/aromatic N) is 1. The van der Waals surface area contributed by atoms with E-state index in [1.807, 2.05) is 57.2 Å². The monoisotopic (exact) mass is 357 g/mol. The van der Waals surface area contributed by atoms with Crippen LogP contribution in [-0.4, -0.2) is 42.0 Å². The van der Waals surface area contributed by atoms with Gasteiger partial charge in [0.25, 0.3) is 0 Å². The molecule has 1 N–H and O–H groups in total. The van der Waals surface area contributed by atoms with Gasteiger partial charge in [-0.2, -0.15) is 0 Å². The lowest BCUT2D eigenvalue weighted by Crippen LogP contribution is -2.36. The van der Waals surface area contributed by atoms with Gasteiger partial charge in [0.05, 0.1) is 25.4 Å². The van der Waals surface area contributed by atoms with Gasteiger partial charge in [-0.3, -0.25) is 4.90 Å². The molecule has 0 radical (unpaired) electrons. The molecule has 0 saturated heterocycles. The third-order valence-electron chi connectivity index (χ3n) is 4.01. The lowest BCUT2D eigenvalue weighted by Gasteiger charge is -2.28. The average molecular weight is 357 g/mol. The van der Waals surface area contributed by atoms with Gasteiger partial charge in [0.2, 0.25) is 0 Å². The molecule has 26 heavy (non-hydrogen) atoms. The maximum absolute atomic E-state index is 10.5. The fourth-order valence-electron chi connectivity index (χ4n) is 2.80. The Hall–Kier alpha value is -1.88. The molecule has 0 aliphatic carbocycles. The zero-order valence-corrected chi connectivity index (χ0v) is 16.3. The molecule has 142 valence electrons. The molecule has 0 amide bonds. The summed E-state index contributed by atoms with van der Waals surface area (Å²) < 4.78 is 11.2. The van der Waals surface area contributed by atoms with Gasteiger partial charge in [0, 0.05) is 25.2 Å². The van der Waals surface area contributed by atoms with Crippen LogP contribution >= 0.6 is 0 Å². The first-order valence-electron chi connectivity index (χ1n) is 9.07. The molecule has 1 atom stereocenters. The zero-order valence-electron chi connectivity index (χ0n) is 16.3. The normalized spacial score (nSPS) is 13.0. The molecule has 0 spiro atoms. The molecule has 4 heteroatoms. The van der Waals surface area contributed by atoms with Gasteiger partial charge in [0.1, 0.15) is 5.75 Å². The largest absolute Gasteiger partial charge is 0.496 e. The van der Waals surface area contributed by atoms with Crippen molar-refractivity contribution in [3.8, 4) is 5.75 Å². The highest BCUT2D eigenvalue weighted by atomic mass is 16.5. The average Bonchev–Trinajstić information content (AvgIpc) is 2.61. The number of aliphatic hydroxyl groups is 1. The first kappa shape index (κ1) is 20.4. The fraction of sp³-hybridized carbons (Fsp3) is 0.455. The molecule has 0 saturated carbocycles. The quantitative estimate of drug-likeness (QED) is 0.740. The van der Waals surface area contributed by atoms with Crippen LogP contribution in [0.1, 0.15) is 31.9 Å². The van der Waals surface area contributed by atoms with Crippen LogP contribution in [0.15, 0.2) is 54.6 Å². The number of rotatable bonds is 9. The summed E-state index contributed by atoms with van der Waals surface area (Å²) in [6, 6.07) is 18.3. The Morgan fingerprint density at radius 2 is 1.62 bits per heavy atom. The van der Waals surface area contributed by atoms with Crippen LogP contribution in [-0.2, 0) is 17.8 Å². The van der Waals surface area contributed by atoms with Crippen LogP contribution < -0.4 is 4.74 Å². The van der Waals surface area contributed by atoms with E-state index in [-0.39, 0.29) is 5.60 Å². The van der Waals surface area contributed by atoms with Crippen LogP contribution in [0.4, 0.5) is 0 Å². The van der Waals surface area contributed by atoms with E-state index in [2.05, 4.69) is 23.1 Å². The zero-order chi connectivity index (χ0) is 19.0. The maximum atomic E-state index is 10.5. The highest BCUT2D eigenvalue weighted by Crippen LogP contribution is 2.21. The highest BCUT2D eigenvalue weighted by molar-refractivity contribution is 5.33. The third kappa shape index (κ3) is 7.16. The molecular formula is C22H31NO3. The number of benzene rings is 2. The summed E-state index contributed by atoms with van der Waals surface area (Å²) in [4.78, 5) is 2.23. The number of para-hydroxylation sites is 1. The number of hydrogen-bond acceptors (Lipinski definition) is 4. The van der Waals surface area contributed by atoms with E-state index >= 15 is 0 Å². The van der Waals surface area contributed by atoms with Crippen LogP contribution in [0.2, 0.25) is 0 Å². The molecule has 2 aromatic carbocycles. The van der Waals surface area contributed by atoms with Crippen molar-refractivity contribution in [2.24, 2.45) is 0 Å². The van der Waals surface area contributed by atoms with E-state index in [9.17, 15) is 5.11 Å². The molecule has 2 rings (SSSR count). The predicted molar refractivity (Wildman–Crippen MR) is 105 cm³/mol. The Balaban J connectivity index is 2.08. The molecule has 0 bridgehead atoms. The van der Waals surface area contributed by atoms with E-state index in [1.54, 1.807) is 7.11 Å². The second-order valence-electron chi connectivity index (χ2n) is 7.54. The van der Waals surface area contributed by atoms with Gasteiger partial charge in [-0.15, -0.1) is 0 Å². The van der Waals surface area contributed by atoms with Crippen LogP contribution in [0.25, 0.3) is 0 Å². The van der Waals surface area contributed by atoms with Crippen LogP contribution in [0, 0.1) is 0 Å². The summed E-state index contributed by atoms with van der Waals surface area (Å²) >= 11 is 0. The molecule has 0 aliphatic rings. The Kier molecular flexibility index (Phi) is 7.64. The first-order chi connectivity index (χ1) is 12.4. The first-order valence-corrected chi connectivity index (χ1v) is 9.07. The topological polar surface area (TPSA) is 41.9 Å². The number of methoxy groups -OCH3 is 1.